The molecule has 0 heterocycles. The molecule has 0 radical (unpaired) electrons. The SMILES string of the molecule is CC(C)(C)OC(=O)[C@@H]1C(=O)C[C@](C)(O)[C@H](C(=O)OC(C)(C)C)[C@H]1/C=C/c1ccccc1. The molecule has 0 spiro atoms. The number of hydrogen-bond donors (Lipinski definition) is 1. The normalized spacial score (nSPS) is 27.2. The van der Waals surface area contributed by atoms with Gasteiger partial charge in [0.1, 0.15) is 17.1 Å². The van der Waals surface area contributed by atoms with Crippen molar-refractivity contribution in [3.05, 3.63) is 42.0 Å². The summed E-state index contributed by atoms with van der Waals surface area (Å²) >= 11 is 0. The van der Waals surface area contributed by atoms with Crippen LogP contribution in [0.2, 0.25) is 0 Å². The van der Waals surface area contributed by atoms with Gasteiger partial charge in [-0.1, -0.05) is 42.5 Å². The molecular formula is C25H34O6. The van der Waals surface area contributed by atoms with E-state index < -0.39 is 52.3 Å². The molecule has 1 aliphatic rings. The maximum atomic E-state index is 13.1. The molecule has 1 fully saturated rings. The van der Waals surface area contributed by atoms with Gasteiger partial charge < -0.3 is 14.6 Å². The molecule has 0 unspecified atom stereocenters. The second-order valence-electron chi connectivity index (χ2n) is 10.4. The summed E-state index contributed by atoms with van der Waals surface area (Å²) in [7, 11) is 0. The van der Waals surface area contributed by atoms with Gasteiger partial charge in [0.05, 0.1) is 11.5 Å². The first-order valence-electron chi connectivity index (χ1n) is 10.5. The molecule has 170 valence electrons. The third-order valence-corrected chi connectivity index (χ3v) is 4.95. The van der Waals surface area contributed by atoms with Crippen molar-refractivity contribution in [2.75, 3.05) is 0 Å². The van der Waals surface area contributed by atoms with Crippen molar-refractivity contribution in [2.24, 2.45) is 17.8 Å². The number of ether oxygens (including phenoxy) is 2. The first kappa shape index (κ1) is 24.8. The highest BCUT2D eigenvalue weighted by Crippen LogP contribution is 2.43. The fraction of sp³-hybridized carbons (Fsp3) is 0.560. The number of esters is 2. The van der Waals surface area contributed by atoms with Crippen LogP contribution in [0.3, 0.4) is 0 Å². The summed E-state index contributed by atoms with van der Waals surface area (Å²) in [5, 5.41) is 11.1. The van der Waals surface area contributed by atoms with Crippen molar-refractivity contribution in [1.29, 1.82) is 0 Å². The third kappa shape index (κ3) is 6.76. The van der Waals surface area contributed by atoms with E-state index in [4.69, 9.17) is 9.47 Å². The Morgan fingerprint density at radius 1 is 1.00 bits per heavy atom. The van der Waals surface area contributed by atoms with Crippen LogP contribution in [0.5, 0.6) is 0 Å². The summed E-state index contributed by atoms with van der Waals surface area (Å²) < 4.78 is 11.1. The Morgan fingerprint density at radius 2 is 1.52 bits per heavy atom. The third-order valence-electron chi connectivity index (χ3n) is 4.95. The minimum atomic E-state index is -1.66. The van der Waals surface area contributed by atoms with Crippen LogP contribution >= 0.6 is 0 Å². The second kappa shape index (κ2) is 8.95. The smallest absolute Gasteiger partial charge is 0.317 e. The van der Waals surface area contributed by atoms with Gasteiger partial charge in [-0.05, 0) is 54.0 Å². The standard InChI is InChI=1S/C25H34O6/c1-23(2,3)30-21(27)19-17(14-13-16-11-9-8-10-12-16)20(22(28)31-24(4,5)6)25(7,29)15-18(19)26/h8-14,17,19-20,29H,15H2,1-7H3/b14-13+/t17-,19-,20-,25-/m0/s1. The van der Waals surface area contributed by atoms with Crippen LogP contribution in [0, 0.1) is 17.8 Å². The maximum Gasteiger partial charge on any atom is 0.317 e. The quantitative estimate of drug-likeness (QED) is 0.575. The van der Waals surface area contributed by atoms with Crippen molar-refractivity contribution in [3.63, 3.8) is 0 Å². The molecule has 1 aromatic carbocycles. The number of Topliss-reactive ketones (excluding diaryl/α,β-unsaturated/α-hetero) is 1. The van der Waals surface area contributed by atoms with Gasteiger partial charge in [0.25, 0.3) is 0 Å². The number of allylic oxidation sites excluding steroid dienone is 1. The Labute approximate surface area is 184 Å². The number of carbonyl (C=O) groups is 3. The molecule has 31 heavy (non-hydrogen) atoms. The van der Waals surface area contributed by atoms with Crippen LogP contribution in [-0.2, 0) is 23.9 Å². The van der Waals surface area contributed by atoms with Gasteiger partial charge in [-0.15, -0.1) is 0 Å². The Bertz CT molecular complexity index is 839. The molecule has 6 heteroatoms. The van der Waals surface area contributed by atoms with E-state index in [1.807, 2.05) is 30.3 Å². The number of benzene rings is 1. The van der Waals surface area contributed by atoms with Crippen LogP contribution in [0.25, 0.3) is 6.08 Å². The Balaban J connectivity index is 2.54. The number of rotatable bonds is 4. The lowest BCUT2D eigenvalue weighted by molar-refractivity contribution is -0.184. The number of hydrogen-bond acceptors (Lipinski definition) is 6. The van der Waals surface area contributed by atoms with Crippen molar-refractivity contribution < 1.29 is 29.0 Å². The van der Waals surface area contributed by atoms with Crippen LogP contribution < -0.4 is 0 Å². The van der Waals surface area contributed by atoms with Gasteiger partial charge in [-0.3, -0.25) is 14.4 Å². The average molecular weight is 431 g/mol. The first-order chi connectivity index (χ1) is 14.1. The zero-order chi connectivity index (χ0) is 23.6. The second-order valence-corrected chi connectivity index (χ2v) is 10.4. The predicted octanol–water partition coefficient (Wildman–Crippen LogP) is 3.96. The summed E-state index contributed by atoms with van der Waals surface area (Å²) in [4.78, 5) is 39.1. The topological polar surface area (TPSA) is 89.9 Å². The Hall–Kier alpha value is -2.47. The zero-order valence-electron chi connectivity index (χ0n) is 19.5. The van der Waals surface area contributed by atoms with E-state index >= 15 is 0 Å². The summed E-state index contributed by atoms with van der Waals surface area (Å²) in [5.41, 5.74) is -2.41. The maximum absolute atomic E-state index is 13.1. The summed E-state index contributed by atoms with van der Waals surface area (Å²) in [6.07, 6.45) is 3.05. The van der Waals surface area contributed by atoms with Gasteiger partial charge in [-0.2, -0.15) is 0 Å². The van der Waals surface area contributed by atoms with Gasteiger partial charge in [0.15, 0.2) is 5.78 Å². The summed E-state index contributed by atoms with van der Waals surface area (Å²) in [6, 6.07) is 9.32. The molecule has 1 aliphatic carbocycles. The lowest BCUT2D eigenvalue weighted by atomic mass is 9.63. The lowest BCUT2D eigenvalue weighted by Gasteiger charge is -2.43. The largest absolute Gasteiger partial charge is 0.460 e. The highest BCUT2D eigenvalue weighted by molar-refractivity contribution is 6.02. The van der Waals surface area contributed by atoms with E-state index in [9.17, 15) is 19.5 Å². The molecule has 1 N–H and O–H groups in total. The van der Waals surface area contributed by atoms with E-state index in [1.54, 1.807) is 53.7 Å². The van der Waals surface area contributed by atoms with Gasteiger partial charge in [0, 0.05) is 12.3 Å². The van der Waals surface area contributed by atoms with E-state index in [1.165, 1.54) is 6.92 Å². The Morgan fingerprint density at radius 3 is 2.03 bits per heavy atom. The van der Waals surface area contributed by atoms with Crippen LogP contribution in [0.1, 0.15) is 60.5 Å². The van der Waals surface area contributed by atoms with Crippen molar-refractivity contribution in [2.45, 2.75) is 71.7 Å². The van der Waals surface area contributed by atoms with Gasteiger partial charge >= 0.3 is 11.9 Å². The zero-order valence-corrected chi connectivity index (χ0v) is 19.5. The first-order valence-corrected chi connectivity index (χ1v) is 10.5. The number of aliphatic hydroxyl groups is 1. The monoisotopic (exact) mass is 430 g/mol. The molecule has 1 saturated carbocycles. The van der Waals surface area contributed by atoms with Crippen molar-refractivity contribution in [3.8, 4) is 0 Å². The van der Waals surface area contributed by atoms with Gasteiger partial charge in [0.2, 0.25) is 0 Å². The molecule has 2 rings (SSSR count). The highest BCUT2D eigenvalue weighted by Gasteiger charge is 2.56. The van der Waals surface area contributed by atoms with Crippen LogP contribution in [-0.4, -0.2) is 39.6 Å². The average Bonchev–Trinajstić information content (AvgIpc) is 2.56. The molecule has 0 bridgehead atoms. The minimum Gasteiger partial charge on any atom is -0.460 e. The summed E-state index contributed by atoms with van der Waals surface area (Å²) in [5.74, 6) is -5.05. The molecular weight excluding hydrogens is 396 g/mol. The molecule has 6 nitrogen and oxygen atoms in total. The van der Waals surface area contributed by atoms with Crippen LogP contribution in [0.15, 0.2) is 36.4 Å². The Kier molecular flexibility index (Phi) is 7.16. The molecule has 1 aromatic rings. The van der Waals surface area contributed by atoms with Crippen LogP contribution in [0.4, 0.5) is 0 Å². The fourth-order valence-corrected chi connectivity index (χ4v) is 3.83. The van der Waals surface area contributed by atoms with Gasteiger partial charge in [-0.25, -0.2) is 0 Å². The fourth-order valence-electron chi connectivity index (χ4n) is 3.83. The minimum absolute atomic E-state index is 0.337. The van der Waals surface area contributed by atoms with Crippen molar-refractivity contribution >= 4 is 23.8 Å². The molecule has 0 saturated heterocycles. The molecule has 4 atom stereocenters. The molecule has 0 aliphatic heterocycles. The highest BCUT2D eigenvalue weighted by atomic mass is 16.6. The number of carbonyl (C=O) groups excluding carboxylic acids is 3. The van der Waals surface area contributed by atoms with E-state index in [0.29, 0.717) is 0 Å². The number of ketones is 1. The lowest BCUT2D eigenvalue weighted by Crippen LogP contribution is -2.57. The van der Waals surface area contributed by atoms with Crippen molar-refractivity contribution in [1.82, 2.24) is 0 Å². The molecule has 0 aromatic heterocycles. The summed E-state index contributed by atoms with van der Waals surface area (Å²) in [6.45, 7) is 11.8. The van der Waals surface area contributed by atoms with E-state index in [-0.39, 0.29) is 6.42 Å². The van der Waals surface area contributed by atoms with E-state index in [2.05, 4.69) is 0 Å². The van der Waals surface area contributed by atoms with E-state index in [0.717, 1.165) is 5.56 Å². The molecule has 0 amide bonds. The predicted molar refractivity (Wildman–Crippen MR) is 118 cm³/mol.